The molecular formula is C13H18BrNO2. The zero-order valence-corrected chi connectivity index (χ0v) is 11.6. The zero-order valence-electron chi connectivity index (χ0n) is 10.0. The highest BCUT2D eigenvalue weighted by Gasteiger charge is 2.18. The molecule has 2 rings (SSSR count). The summed E-state index contributed by atoms with van der Waals surface area (Å²) in [6.07, 6.45) is 3.35. The lowest BCUT2D eigenvalue weighted by molar-refractivity contribution is 0.352. The summed E-state index contributed by atoms with van der Waals surface area (Å²) >= 11 is 3.37. The Morgan fingerprint density at radius 2 is 2.35 bits per heavy atom. The number of ether oxygens (including phenoxy) is 1. The van der Waals surface area contributed by atoms with E-state index in [1.54, 1.807) is 7.11 Å². The predicted molar refractivity (Wildman–Crippen MR) is 71.7 cm³/mol. The number of hydrogen-bond acceptors (Lipinski definition) is 3. The first-order valence-electron chi connectivity index (χ1n) is 5.97. The summed E-state index contributed by atoms with van der Waals surface area (Å²) in [4.78, 5) is 0. The Morgan fingerprint density at radius 3 is 3.00 bits per heavy atom. The number of rotatable bonds is 3. The molecule has 0 amide bonds. The smallest absolute Gasteiger partial charge is 0.174 e. The molecule has 17 heavy (non-hydrogen) atoms. The summed E-state index contributed by atoms with van der Waals surface area (Å²) in [7, 11) is 1.58. The first kappa shape index (κ1) is 12.7. The molecule has 1 saturated heterocycles. The van der Waals surface area contributed by atoms with Gasteiger partial charge in [-0.25, -0.2) is 0 Å². The second-order valence-electron chi connectivity index (χ2n) is 4.50. The van der Waals surface area contributed by atoms with Gasteiger partial charge in [-0.05, 0) is 65.8 Å². The van der Waals surface area contributed by atoms with Gasteiger partial charge in [-0.2, -0.15) is 0 Å². The van der Waals surface area contributed by atoms with Gasteiger partial charge in [0.2, 0.25) is 0 Å². The monoisotopic (exact) mass is 299 g/mol. The van der Waals surface area contributed by atoms with Crippen molar-refractivity contribution in [1.29, 1.82) is 0 Å². The van der Waals surface area contributed by atoms with Gasteiger partial charge in [0.05, 0.1) is 11.6 Å². The quantitative estimate of drug-likeness (QED) is 0.902. The Labute approximate surface area is 110 Å². The maximum absolute atomic E-state index is 10.1. The zero-order chi connectivity index (χ0) is 12.3. The third kappa shape index (κ3) is 2.93. The normalized spacial score (nSPS) is 20.2. The first-order chi connectivity index (χ1) is 8.22. The average Bonchev–Trinajstić information content (AvgIpc) is 2.35. The van der Waals surface area contributed by atoms with E-state index in [0.717, 1.165) is 29.5 Å². The second kappa shape index (κ2) is 5.74. The highest BCUT2D eigenvalue weighted by Crippen LogP contribution is 2.38. The average molecular weight is 300 g/mol. The van der Waals surface area contributed by atoms with Gasteiger partial charge in [0.15, 0.2) is 11.5 Å². The molecule has 1 aliphatic rings. The Kier molecular flexibility index (Phi) is 4.29. The predicted octanol–water partition coefficient (Wildman–Crippen LogP) is 2.71. The highest BCUT2D eigenvalue weighted by atomic mass is 79.9. The number of benzene rings is 1. The van der Waals surface area contributed by atoms with Crippen LogP contribution >= 0.6 is 15.9 Å². The molecule has 1 heterocycles. The van der Waals surface area contributed by atoms with Crippen molar-refractivity contribution in [3.8, 4) is 11.5 Å². The van der Waals surface area contributed by atoms with Crippen LogP contribution in [-0.2, 0) is 6.42 Å². The number of halogens is 1. The van der Waals surface area contributed by atoms with Crippen LogP contribution in [0.3, 0.4) is 0 Å². The Morgan fingerprint density at radius 1 is 1.53 bits per heavy atom. The summed E-state index contributed by atoms with van der Waals surface area (Å²) in [6, 6.07) is 3.90. The highest BCUT2D eigenvalue weighted by molar-refractivity contribution is 9.10. The van der Waals surface area contributed by atoms with Gasteiger partial charge in [0, 0.05) is 0 Å². The van der Waals surface area contributed by atoms with Crippen LogP contribution in [0.5, 0.6) is 11.5 Å². The third-order valence-corrected chi connectivity index (χ3v) is 3.90. The SMILES string of the molecule is COc1c(Br)ccc(CC2CCCNC2)c1O. The maximum atomic E-state index is 10.1. The molecule has 3 nitrogen and oxygen atoms in total. The molecule has 1 aromatic carbocycles. The van der Waals surface area contributed by atoms with Crippen LogP contribution < -0.4 is 10.1 Å². The van der Waals surface area contributed by atoms with Crippen LogP contribution in [-0.4, -0.2) is 25.3 Å². The first-order valence-corrected chi connectivity index (χ1v) is 6.76. The van der Waals surface area contributed by atoms with E-state index < -0.39 is 0 Å². The van der Waals surface area contributed by atoms with Gasteiger partial charge < -0.3 is 15.2 Å². The molecule has 1 atom stereocenters. The van der Waals surface area contributed by atoms with Gasteiger partial charge >= 0.3 is 0 Å². The molecule has 0 aliphatic carbocycles. The number of hydrogen-bond donors (Lipinski definition) is 2. The van der Waals surface area contributed by atoms with Crippen LogP contribution in [0.15, 0.2) is 16.6 Å². The van der Waals surface area contributed by atoms with Gasteiger partial charge in [0.25, 0.3) is 0 Å². The van der Waals surface area contributed by atoms with Crippen LogP contribution in [0, 0.1) is 5.92 Å². The lowest BCUT2D eigenvalue weighted by atomic mass is 9.92. The Bertz CT molecular complexity index is 389. The van der Waals surface area contributed by atoms with Gasteiger partial charge in [-0.3, -0.25) is 0 Å². The molecule has 1 aliphatic heterocycles. The number of nitrogens with one attached hydrogen (secondary N) is 1. The van der Waals surface area contributed by atoms with Gasteiger partial charge in [-0.15, -0.1) is 0 Å². The summed E-state index contributed by atoms with van der Waals surface area (Å²) in [5, 5.41) is 13.5. The standard InChI is InChI=1S/C13H18BrNO2/c1-17-13-11(14)5-4-10(12(13)16)7-9-3-2-6-15-8-9/h4-5,9,15-16H,2-3,6-8H2,1H3. The fraction of sp³-hybridized carbons (Fsp3) is 0.538. The molecule has 2 N–H and O–H groups in total. The molecule has 0 radical (unpaired) electrons. The molecule has 1 unspecified atom stereocenters. The van der Waals surface area contributed by atoms with E-state index in [-0.39, 0.29) is 5.75 Å². The van der Waals surface area contributed by atoms with Crippen molar-refractivity contribution in [1.82, 2.24) is 5.32 Å². The lowest BCUT2D eigenvalue weighted by Crippen LogP contribution is -2.30. The molecule has 4 heteroatoms. The number of aromatic hydroxyl groups is 1. The molecule has 0 saturated carbocycles. The minimum Gasteiger partial charge on any atom is -0.504 e. The van der Waals surface area contributed by atoms with Crippen molar-refractivity contribution in [3.63, 3.8) is 0 Å². The van der Waals surface area contributed by atoms with Crippen LogP contribution in [0.4, 0.5) is 0 Å². The largest absolute Gasteiger partial charge is 0.504 e. The van der Waals surface area contributed by atoms with Crippen molar-refractivity contribution in [2.24, 2.45) is 5.92 Å². The van der Waals surface area contributed by atoms with Crippen molar-refractivity contribution >= 4 is 15.9 Å². The van der Waals surface area contributed by atoms with Crippen molar-refractivity contribution in [3.05, 3.63) is 22.2 Å². The number of methoxy groups -OCH3 is 1. The molecule has 1 fully saturated rings. The van der Waals surface area contributed by atoms with E-state index in [0.29, 0.717) is 11.7 Å². The van der Waals surface area contributed by atoms with Crippen molar-refractivity contribution in [2.75, 3.05) is 20.2 Å². The molecule has 0 spiro atoms. The fourth-order valence-electron chi connectivity index (χ4n) is 2.36. The number of phenols is 1. The molecule has 0 bridgehead atoms. The molecule has 94 valence electrons. The molecule has 1 aromatic rings. The van der Waals surface area contributed by atoms with E-state index in [1.807, 2.05) is 12.1 Å². The maximum Gasteiger partial charge on any atom is 0.174 e. The topological polar surface area (TPSA) is 41.5 Å². The lowest BCUT2D eigenvalue weighted by Gasteiger charge is -2.23. The minimum atomic E-state index is 0.271. The summed E-state index contributed by atoms with van der Waals surface area (Å²) < 4.78 is 5.99. The van der Waals surface area contributed by atoms with Crippen molar-refractivity contribution < 1.29 is 9.84 Å². The molecular weight excluding hydrogens is 282 g/mol. The van der Waals surface area contributed by atoms with Crippen molar-refractivity contribution in [2.45, 2.75) is 19.3 Å². The Hall–Kier alpha value is -0.740. The minimum absolute atomic E-state index is 0.271. The summed E-state index contributed by atoms with van der Waals surface area (Å²) in [6.45, 7) is 2.16. The summed E-state index contributed by atoms with van der Waals surface area (Å²) in [5.74, 6) is 1.42. The second-order valence-corrected chi connectivity index (χ2v) is 5.36. The van der Waals surface area contributed by atoms with E-state index >= 15 is 0 Å². The van der Waals surface area contributed by atoms with E-state index in [1.165, 1.54) is 12.8 Å². The van der Waals surface area contributed by atoms with Crippen LogP contribution in [0.2, 0.25) is 0 Å². The fourth-order valence-corrected chi connectivity index (χ4v) is 2.84. The van der Waals surface area contributed by atoms with E-state index in [4.69, 9.17) is 4.74 Å². The molecule has 0 aromatic heterocycles. The third-order valence-electron chi connectivity index (χ3n) is 3.28. The summed E-state index contributed by atoms with van der Waals surface area (Å²) in [5.41, 5.74) is 0.971. The Balaban J connectivity index is 2.15. The van der Waals surface area contributed by atoms with E-state index in [9.17, 15) is 5.11 Å². The van der Waals surface area contributed by atoms with Crippen LogP contribution in [0.25, 0.3) is 0 Å². The van der Waals surface area contributed by atoms with Crippen LogP contribution in [0.1, 0.15) is 18.4 Å². The number of piperidine rings is 1. The van der Waals surface area contributed by atoms with Gasteiger partial charge in [0.1, 0.15) is 0 Å². The number of phenolic OH excluding ortho intramolecular Hbond substituents is 1. The van der Waals surface area contributed by atoms with E-state index in [2.05, 4.69) is 21.2 Å². The van der Waals surface area contributed by atoms with Gasteiger partial charge in [-0.1, -0.05) is 6.07 Å².